The Labute approximate surface area is 122 Å². The Morgan fingerprint density at radius 2 is 1.86 bits per heavy atom. The number of benzene rings is 2. The van der Waals surface area contributed by atoms with Gasteiger partial charge in [0.15, 0.2) is 9.84 Å². The number of fused-ring (bicyclic) bond motifs is 1. The van der Waals surface area contributed by atoms with Crippen molar-refractivity contribution < 1.29 is 8.42 Å². The van der Waals surface area contributed by atoms with Crippen LogP contribution in [-0.4, -0.2) is 24.6 Å². The van der Waals surface area contributed by atoms with Crippen molar-refractivity contribution in [3.8, 4) is 11.4 Å². The fourth-order valence-corrected chi connectivity index (χ4v) is 2.80. The molecule has 3 rings (SSSR count). The average Bonchev–Trinajstić information content (AvgIpc) is 2.89. The summed E-state index contributed by atoms with van der Waals surface area (Å²) in [7, 11) is -3.22. The van der Waals surface area contributed by atoms with Crippen molar-refractivity contribution >= 4 is 20.9 Å². The van der Waals surface area contributed by atoms with Crippen LogP contribution in [0, 0.1) is 0 Å². The molecule has 0 amide bonds. The fraction of sp³-hybridized carbons (Fsp3) is 0.133. The van der Waals surface area contributed by atoms with Crippen molar-refractivity contribution in [1.82, 2.24) is 9.97 Å². The zero-order chi connectivity index (χ0) is 15.0. The van der Waals surface area contributed by atoms with Crippen molar-refractivity contribution in [2.24, 2.45) is 5.73 Å². The first kappa shape index (κ1) is 13.8. The quantitative estimate of drug-likeness (QED) is 0.775. The summed E-state index contributed by atoms with van der Waals surface area (Å²) in [5.74, 6) is 0.708. The summed E-state index contributed by atoms with van der Waals surface area (Å²) in [4.78, 5) is 7.92. The first-order valence-corrected chi connectivity index (χ1v) is 8.36. The molecular formula is C15H15N3O2S. The molecule has 0 aliphatic carbocycles. The van der Waals surface area contributed by atoms with E-state index in [-0.39, 0.29) is 4.90 Å². The van der Waals surface area contributed by atoms with E-state index in [1.165, 1.54) is 6.26 Å². The number of hydrogen-bond acceptors (Lipinski definition) is 4. The minimum atomic E-state index is -3.22. The van der Waals surface area contributed by atoms with E-state index in [1.54, 1.807) is 18.2 Å². The molecule has 2 aromatic carbocycles. The predicted octanol–water partition coefficient (Wildman–Crippen LogP) is 2.09. The summed E-state index contributed by atoms with van der Waals surface area (Å²) >= 11 is 0. The second kappa shape index (κ2) is 4.98. The topological polar surface area (TPSA) is 88.8 Å². The molecule has 5 nitrogen and oxygen atoms in total. The monoisotopic (exact) mass is 301 g/mol. The highest BCUT2D eigenvalue weighted by Crippen LogP contribution is 2.23. The molecule has 0 aliphatic rings. The van der Waals surface area contributed by atoms with Crippen LogP contribution < -0.4 is 5.73 Å². The molecule has 6 heteroatoms. The van der Waals surface area contributed by atoms with Crippen molar-refractivity contribution in [3.05, 3.63) is 48.0 Å². The molecule has 1 aromatic heterocycles. The van der Waals surface area contributed by atoms with Crippen LogP contribution in [0.25, 0.3) is 22.4 Å². The highest BCUT2D eigenvalue weighted by molar-refractivity contribution is 7.90. The Hall–Kier alpha value is -2.18. The standard InChI is InChI=1S/C15H15N3O2S/c1-21(19,20)12-6-7-13-14(8-12)18-15(17-13)11-4-2-10(9-16)3-5-11/h2-8H,9,16H2,1H3,(H,17,18). The fourth-order valence-electron chi connectivity index (χ4n) is 2.15. The molecule has 108 valence electrons. The second-order valence-corrected chi connectivity index (χ2v) is 6.95. The van der Waals surface area contributed by atoms with Crippen LogP contribution in [0.2, 0.25) is 0 Å². The number of aromatic amines is 1. The maximum absolute atomic E-state index is 11.6. The Balaban J connectivity index is 2.08. The van der Waals surface area contributed by atoms with Gasteiger partial charge < -0.3 is 10.7 Å². The molecule has 1 heterocycles. The Kier molecular flexibility index (Phi) is 3.27. The van der Waals surface area contributed by atoms with Gasteiger partial charge in [-0.1, -0.05) is 24.3 Å². The summed E-state index contributed by atoms with van der Waals surface area (Å²) in [6.07, 6.45) is 1.19. The van der Waals surface area contributed by atoms with Crippen molar-refractivity contribution in [2.75, 3.05) is 6.26 Å². The molecule has 0 fully saturated rings. The SMILES string of the molecule is CS(=O)(=O)c1ccc2nc(-c3ccc(CN)cc3)[nH]c2c1. The van der Waals surface area contributed by atoms with Gasteiger partial charge in [0.25, 0.3) is 0 Å². The van der Waals surface area contributed by atoms with Crippen LogP contribution in [0.5, 0.6) is 0 Å². The normalized spacial score (nSPS) is 11.9. The minimum absolute atomic E-state index is 0.281. The number of rotatable bonds is 3. The van der Waals surface area contributed by atoms with Crippen LogP contribution >= 0.6 is 0 Å². The van der Waals surface area contributed by atoms with Gasteiger partial charge in [0.2, 0.25) is 0 Å². The van der Waals surface area contributed by atoms with Gasteiger partial charge in [-0.25, -0.2) is 13.4 Å². The number of hydrogen-bond donors (Lipinski definition) is 2. The van der Waals surface area contributed by atoms with Gasteiger partial charge in [-0.2, -0.15) is 0 Å². The largest absolute Gasteiger partial charge is 0.338 e. The molecule has 21 heavy (non-hydrogen) atoms. The third-order valence-electron chi connectivity index (χ3n) is 3.34. The average molecular weight is 301 g/mol. The number of H-pyrrole nitrogens is 1. The highest BCUT2D eigenvalue weighted by atomic mass is 32.2. The first-order valence-electron chi connectivity index (χ1n) is 6.46. The zero-order valence-corrected chi connectivity index (χ0v) is 12.3. The van der Waals surface area contributed by atoms with Gasteiger partial charge in [0.05, 0.1) is 15.9 Å². The molecule has 0 atom stereocenters. The van der Waals surface area contributed by atoms with Crippen LogP contribution in [0.15, 0.2) is 47.4 Å². The first-order chi connectivity index (χ1) is 9.97. The number of aromatic nitrogens is 2. The summed E-state index contributed by atoms with van der Waals surface area (Å²) in [6.45, 7) is 0.498. The van der Waals surface area contributed by atoms with E-state index in [1.807, 2.05) is 24.3 Å². The number of sulfone groups is 1. The summed E-state index contributed by atoms with van der Waals surface area (Å²) in [6, 6.07) is 12.7. The van der Waals surface area contributed by atoms with E-state index in [4.69, 9.17) is 5.73 Å². The van der Waals surface area contributed by atoms with E-state index in [2.05, 4.69) is 9.97 Å². The van der Waals surface area contributed by atoms with Crippen molar-refractivity contribution in [2.45, 2.75) is 11.4 Å². The van der Waals surface area contributed by atoms with Gasteiger partial charge >= 0.3 is 0 Å². The Morgan fingerprint density at radius 1 is 1.14 bits per heavy atom. The van der Waals surface area contributed by atoms with Crippen molar-refractivity contribution in [3.63, 3.8) is 0 Å². The lowest BCUT2D eigenvalue weighted by molar-refractivity contribution is 0.602. The molecule has 0 unspecified atom stereocenters. The molecule has 0 spiro atoms. The molecule has 3 aromatic rings. The van der Waals surface area contributed by atoms with E-state index in [9.17, 15) is 8.42 Å². The van der Waals surface area contributed by atoms with Gasteiger partial charge in [0, 0.05) is 18.4 Å². The summed E-state index contributed by atoms with van der Waals surface area (Å²) in [5.41, 5.74) is 9.00. The van der Waals surface area contributed by atoms with Gasteiger partial charge in [-0.15, -0.1) is 0 Å². The zero-order valence-electron chi connectivity index (χ0n) is 11.5. The van der Waals surface area contributed by atoms with Crippen LogP contribution in [0.3, 0.4) is 0 Å². The maximum atomic E-state index is 11.6. The number of nitrogens with two attached hydrogens (primary N) is 1. The lowest BCUT2D eigenvalue weighted by Gasteiger charge is -1.99. The molecule has 0 radical (unpaired) electrons. The molecule has 0 saturated heterocycles. The number of nitrogens with zero attached hydrogens (tertiary/aromatic N) is 1. The maximum Gasteiger partial charge on any atom is 0.175 e. The molecule has 3 N–H and O–H groups in total. The lowest BCUT2D eigenvalue weighted by atomic mass is 10.1. The van der Waals surface area contributed by atoms with E-state index in [0.717, 1.165) is 16.6 Å². The molecular weight excluding hydrogens is 286 g/mol. The molecule has 0 bridgehead atoms. The van der Waals surface area contributed by atoms with Crippen LogP contribution in [0.1, 0.15) is 5.56 Å². The van der Waals surface area contributed by atoms with Gasteiger partial charge in [0.1, 0.15) is 5.82 Å². The Morgan fingerprint density at radius 3 is 2.48 bits per heavy atom. The summed E-state index contributed by atoms with van der Waals surface area (Å²) < 4.78 is 23.2. The van der Waals surface area contributed by atoms with E-state index < -0.39 is 9.84 Å². The molecule has 0 saturated carbocycles. The predicted molar refractivity (Wildman–Crippen MR) is 82.5 cm³/mol. The molecule has 0 aliphatic heterocycles. The minimum Gasteiger partial charge on any atom is -0.338 e. The number of nitrogens with one attached hydrogen (secondary N) is 1. The van der Waals surface area contributed by atoms with Gasteiger partial charge in [-0.3, -0.25) is 0 Å². The van der Waals surface area contributed by atoms with Gasteiger partial charge in [-0.05, 0) is 23.8 Å². The smallest absolute Gasteiger partial charge is 0.175 e. The van der Waals surface area contributed by atoms with Crippen LogP contribution in [0.4, 0.5) is 0 Å². The highest BCUT2D eigenvalue weighted by Gasteiger charge is 2.11. The Bertz CT molecular complexity index is 896. The van der Waals surface area contributed by atoms with E-state index in [0.29, 0.717) is 17.9 Å². The van der Waals surface area contributed by atoms with E-state index >= 15 is 0 Å². The third-order valence-corrected chi connectivity index (χ3v) is 4.45. The number of imidazole rings is 1. The third kappa shape index (κ3) is 2.68. The van der Waals surface area contributed by atoms with Crippen LogP contribution in [-0.2, 0) is 16.4 Å². The summed E-state index contributed by atoms with van der Waals surface area (Å²) in [5, 5.41) is 0. The van der Waals surface area contributed by atoms with Crippen molar-refractivity contribution in [1.29, 1.82) is 0 Å². The second-order valence-electron chi connectivity index (χ2n) is 4.94. The lowest BCUT2D eigenvalue weighted by Crippen LogP contribution is -1.96.